The molecule has 0 aliphatic rings. The van der Waals surface area contributed by atoms with Crippen molar-refractivity contribution in [3.8, 4) is 0 Å². The standard InChI is InChI=1S/C6H12O2.C5H3Cl2N/c1-4-6(7)8-5(2)3;6-4-2-1-3-8-5(4)7/h5H,4H2,1-3H3;1-3H. The van der Waals surface area contributed by atoms with E-state index < -0.39 is 0 Å². The average Bonchev–Trinajstić information content (AvgIpc) is 2.22. The van der Waals surface area contributed by atoms with Gasteiger partial charge in [-0.2, -0.15) is 0 Å². The molecule has 16 heavy (non-hydrogen) atoms. The third kappa shape index (κ3) is 7.49. The molecule has 0 bridgehead atoms. The third-order valence-electron chi connectivity index (χ3n) is 1.37. The Kier molecular flexibility index (Phi) is 7.95. The number of aromatic nitrogens is 1. The van der Waals surface area contributed by atoms with Gasteiger partial charge in [-0.05, 0) is 26.0 Å². The molecule has 0 fully saturated rings. The summed E-state index contributed by atoms with van der Waals surface area (Å²) in [5.74, 6) is -0.125. The first-order valence-corrected chi connectivity index (χ1v) is 5.68. The molecule has 0 aromatic carbocycles. The maximum Gasteiger partial charge on any atom is 0.305 e. The lowest BCUT2D eigenvalue weighted by molar-refractivity contribution is -0.146. The Balaban J connectivity index is 0.000000281. The summed E-state index contributed by atoms with van der Waals surface area (Å²) in [6.45, 7) is 5.46. The highest BCUT2D eigenvalue weighted by Crippen LogP contribution is 2.16. The van der Waals surface area contributed by atoms with Gasteiger partial charge in [-0.3, -0.25) is 4.79 Å². The first-order chi connectivity index (χ1) is 7.47. The van der Waals surface area contributed by atoms with E-state index in [4.69, 9.17) is 27.9 Å². The van der Waals surface area contributed by atoms with E-state index in [1.165, 1.54) is 0 Å². The van der Waals surface area contributed by atoms with Crippen molar-refractivity contribution < 1.29 is 9.53 Å². The fourth-order valence-electron chi connectivity index (χ4n) is 0.713. The van der Waals surface area contributed by atoms with Gasteiger partial charge in [-0.15, -0.1) is 0 Å². The van der Waals surface area contributed by atoms with E-state index in [0.717, 1.165) is 0 Å². The molecule has 0 aliphatic heterocycles. The minimum atomic E-state index is -0.125. The van der Waals surface area contributed by atoms with Crippen LogP contribution in [0.1, 0.15) is 27.2 Å². The normalized spacial score (nSPS) is 9.38. The molecule has 1 heterocycles. The molecule has 1 aromatic rings. The minimum Gasteiger partial charge on any atom is -0.463 e. The quantitative estimate of drug-likeness (QED) is 0.603. The van der Waals surface area contributed by atoms with Crippen LogP contribution in [0.15, 0.2) is 18.3 Å². The van der Waals surface area contributed by atoms with Crippen molar-refractivity contribution in [3.63, 3.8) is 0 Å². The number of rotatable bonds is 2. The second-order valence-electron chi connectivity index (χ2n) is 3.17. The van der Waals surface area contributed by atoms with Gasteiger partial charge in [0, 0.05) is 12.6 Å². The Morgan fingerprint density at radius 1 is 1.50 bits per heavy atom. The van der Waals surface area contributed by atoms with Gasteiger partial charge in [0.25, 0.3) is 0 Å². The van der Waals surface area contributed by atoms with E-state index in [-0.39, 0.29) is 12.1 Å². The van der Waals surface area contributed by atoms with Crippen molar-refractivity contribution in [2.24, 2.45) is 0 Å². The number of carbonyl (C=O) groups excluding carboxylic acids is 1. The van der Waals surface area contributed by atoms with Crippen LogP contribution in [-0.4, -0.2) is 17.1 Å². The highest BCUT2D eigenvalue weighted by Gasteiger charge is 1.98. The second-order valence-corrected chi connectivity index (χ2v) is 3.93. The van der Waals surface area contributed by atoms with Crippen molar-refractivity contribution >= 4 is 29.2 Å². The van der Waals surface area contributed by atoms with Gasteiger partial charge in [-0.25, -0.2) is 4.98 Å². The lowest BCUT2D eigenvalue weighted by atomic mass is 10.4. The molecule has 90 valence electrons. The number of nitrogens with zero attached hydrogens (tertiary/aromatic N) is 1. The first-order valence-electron chi connectivity index (χ1n) is 4.92. The fourth-order valence-corrected chi connectivity index (χ4v) is 0.954. The first kappa shape index (κ1) is 15.2. The molecule has 1 rings (SSSR count). The number of halogens is 2. The molecule has 5 heteroatoms. The maximum atomic E-state index is 10.4. The smallest absolute Gasteiger partial charge is 0.305 e. The summed E-state index contributed by atoms with van der Waals surface area (Å²) in [6.07, 6.45) is 2.09. The van der Waals surface area contributed by atoms with Gasteiger partial charge < -0.3 is 4.74 Å². The second kappa shape index (κ2) is 8.36. The number of pyridine rings is 1. The van der Waals surface area contributed by atoms with Crippen LogP contribution < -0.4 is 0 Å². The lowest BCUT2D eigenvalue weighted by Gasteiger charge is -2.04. The van der Waals surface area contributed by atoms with Crippen molar-refractivity contribution in [1.29, 1.82) is 0 Å². The predicted octanol–water partition coefficient (Wildman–Crippen LogP) is 3.74. The van der Waals surface area contributed by atoms with E-state index >= 15 is 0 Å². The van der Waals surface area contributed by atoms with Gasteiger partial charge in [0.05, 0.1) is 11.1 Å². The van der Waals surface area contributed by atoms with Crippen LogP contribution in [0.2, 0.25) is 10.2 Å². The molecule has 0 amide bonds. The molecule has 0 unspecified atom stereocenters. The minimum absolute atomic E-state index is 0.0300. The van der Waals surface area contributed by atoms with Gasteiger partial charge in [0.1, 0.15) is 5.15 Å². The number of hydrogen-bond acceptors (Lipinski definition) is 3. The van der Waals surface area contributed by atoms with Crippen molar-refractivity contribution in [3.05, 3.63) is 28.5 Å². The molecule has 0 atom stereocenters. The van der Waals surface area contributed by atoms with Gasteiger partial charge >= 0.3 is 5.97 Å². The van der Waals surface area contributed by atoms with E-state index in [1.807, 2.05) is 13.8 Å². The summed E-state index contributed by atoms with van der Waals surface area (Å²) >= 11 is 11.0. The molecule has 0 aliphatic carbocycles. The molecule has 0 spiro atoms. The molecule has 0 N–H and O–H groups in total. The highest BCUT2D eigenvalue weighted by atomic mass is 35.5. The summed E-state index contributed by atoms with van der Waals surface area (Å²) in [4.78, 5) is 14.1. The highest BCUT2D eigenvalue weighted by molar-refractivity contribution is 6.41. The van der Waals surface area contributed by atoms with Crippen LogP contribution in [-0.2, 0) is 9.53 Å². The molecule has 0 saturated heterocycles. The predicted molar refractivity (Wildman–Crippen MR) is 65.8 cm³/mol. The zero-order chi connectivity index (χ0) is 12.6. The van der Waals surface area contributed by atoms with Crippen LogP contribution in [0.3, 0.4) is 0 Å². The molecular weight excluding hydrogens is 249 g/mol. The zero-order valence-electron chi connectivity index (χ0n) is 9.54. The average molecular weight is 264 g/mol. The van der Waals surface area contributed by atoms with E-state index in [9.17, 15) is 4.79 Å². The Hall–Kier alpha value is -0.800. The SMILES string of the molecule is CCC(=O)OC(C)C.Clc1cccnc1Cl. The van der Waals surface area contributed by atoms with Crippen LogP contribution in [0.5, 0.6) is 0 Å². The number of ether oxygens (including phenoxy) is 1. The Morgan fingerprint density at radius 3 is 2.38 bits per heavy atom. The number of esters is 1. The summed E-state index contributed by atoms with van der Waals surface area (Å²) in [5.41, 5.74) is 0. The maximum absolute atomic E-state index is 10.4. The van der Waals surface area contributed by atoms with Crippen LogP contribution in [0.4, 0.5) is 0 Å². The van der Waals surface area contributed by atoms with Crippen LogP contribution in [0, 0.1) is 0 Å². The van der Waals surface area contributed by atoms with Gasteiger partial charge in [-0.1, -0.05) is 30.1 Å². The van der Waals surface area contributed by atoms with E-state index in [1.54, 1.807) is 25.3 Å². The van der Waals surface area contributed by atoms with Crippen molar-refractivity contribution in [1.82, 2.24) is 4.98 Å². The van der Waals surface area contributed by atoms with Crippen molar-refractivity contribution in [2.75, 3.05) is 0 Å². The topological polar surface area (TPSA) is 39.2 Å². The number of carbonyl (C=O) groups is 1. The van der Waals surface area contributed by atoms with E-state index in [0.29, 0.717) is 16.6 Å². The lowest BCUT2D eigenvalue weighted by Crippen LogP contribution is -2.09. The largest absolute Gasteiger partial charge is 0.463 e. The van der Waals surface area contributed by atoms with Gasteiger partial charge in [0.15, 0.2) is 0 Å². The summed E-state index contributed by atoms with van der Waals surface area (Å²) in [5, 5.41) is 0.850. The van der Waals surface area contributed by atoms with Crippen LogP contribution in [0.25, 0.3) is 0 Å². The summed E-state index contributed by atoms with van der Waals surface area (Å²) in [6, 6.07) is 3.42. The van der Waals surface area contributed by atoms with Crippen LogP contribution >= 0.6 is 23.2 Å². The van der Waals surface area contributed by atoms with Crippen molar-refractivity contribution in [2.45, 2.75) is 33.3 Å². The molecule has 1 aromatic heterocycles. The number of hydrogen-bond donors (Lipinski definition) is 0. The Bertz CT molecular complexity index is 309. The monoisotopic (exact) mass is 263 g/mol. The third-order valence-corrected chi connectivity index (χ3v) is 2.07. The van der Waals surface area contributed by atoms with E-state index in [2.05, 4.69) is 4.98 Å². The Morgan fingerprint density at radius 2 is 2.12 bits per heavy atom. The molecular formula is C11H15Cl2NO2. The van der Waals surface area contributed by atoms with Gasteiger partial charge in [0.2, 0.25) is 0 Å². The fraction of sp³-hybridized carbons (Fsp3) is 0.455. The Labute approximate surface area is 106 Å². The molecule has 0 radical (unpaired) electrons. The zero-order valence-corrected chi connectivity index (χ0v) is 11.0. The molecule has 0 saturated carbocycles. The summed E-state index contributed by atoms with van der Waals surface area (Å²) in [7, 11) is 0. The summed E-state index contributed by atoms with van der Waals surface area (Å²) < 4.78 is 4.76. The molecule has 3 nitrogen and oxygen atoms in total.